The van der Waals surface area contributed by atoms with Gasteiger partial charge in [0.15, 0.2) is 0 Å². The van der Waals surface area contributed by atoms with E-state index in [9.17, 15) is 9.59 Å². The van der Waals surface area contributed by atoms with E-state index in [-0.39, 0.29) is 0 Å². The number of hydrogen-bond acceptors (Lipinski definition) is 4. The maximum absolute atomic E-state index is 12.1. The van der Waals surface area contributed by atoms with Gasteiger partial charge in [-0.3, -0.25) is 4.79 Å². The standard InChI is InChI=1S/C20H26N2O4/c1-5-26-12-6-11-22-13(2)17(18(14(22)3)19(21)23)15-7-9-16(10-8-15)20(24)25-4/h7-10H,5-6,11-12H2,1-4H3,(H2,21,23). The van der Waals surface area contributed by atoms with Gasteiger partial charge < -0.3 is 19.8 Å². The molecule has 0 spiro atoms. The quantitative estimate of drug-likeness (QED) is 0.580. The smallest absolute Gasteiger partial charge is 0.337 e. The third-order valence-electron chi connectivity index (χ3n) is 4.50. The minimum Gasteiger partial charge on any atom is -0.465 e. The molecule has 0 atom stereocenters. The van der Waals surface area contributed by atoms with Crippen LogP contribution in [0.5, 0.6) is 0 Å². The Morgan fingerprint density at radius 3 is 2.31 bits per heavy atom. The Balaban J connectivity index is 2.43. The van der Waals surface area contributed by atoms with E-state index in [1.807, 2.05) is 32.9 Å². The van der Waals surface area contributed by atoms with E-state index in [1.54, 1.807) is 12.1 Å². The number of carbonyl (C=O) groups excluding carboxylic acids is 2. The lowest BCUT2D eigenvalue weighted by Crippen LogP contribution is -2.14. The fraction of sp³-hybridized carbons (Fsp3) is 0.400. The maximum Gasteiger partial charge on any atom is 0.337 e. The van der Waals surface area contributed by atoms with Crippen molar-refractivity contribution in [2.45, 2.75) is 33.7 Å². The van der Waals surface area contributed by atoms with Crippen molar-refractivity contribution in [3.05, 3.63) is 46.8 Å². The third-order valence-corrected chi connectivity index (χ3v) is 4.50. The molecule has 0 bridgehead atoms. The number of carbonyl (C=O) groups is 2. The molecule has 2 aromatic rings. The second-order valence-electron chi connectivity index (χ2n) is 6.06. The summed E-state index contributed by atoms with van der Waals surface area (Å²) in [6.07, 6.45) is 0.850. The Labute approximate surface area is 153 Å². The molecule has 1 aromatic carbocycles. The highest BCUT2D eigenvalue weighted by atomic mass is 16.5. The molecular weight excluding hydrogens is 332 g/mol. The Morgan fingerprint density at radius 1 is 1.12 bits per heavy atom. The minimum atomic E-state index is -0.457. The number of benzene rings is 1. The molecule has 6 nitrogen and oxygen atoms in total. The number of rotatable bonds is 8. The lowest BCUT2D eigenvalue weighted by atomic mass is 9.99. The van der Waals surface area contributed by atoms with Crippen molar-refractivity contribution >= 4 is 11.9 Å². The summed E-state index contributed by atoms with van der Waals surface area (Å²) in [5.74, 6) is -0.853. The fourth-order valence-electron chi connectivity index (χ4n) is 3.23. The predicted octanol–water partition coefficient (Wildman–Crippen LogP) is 3.08. The topological polar surface area (TPSA) is 83.5 Å². The molecule has 0 aliphatic heterocycles. The van der Waals surface area contributed by atoms with Crippen LogP contribution in [0.2, 0.25) is 0 Å². The predicted molar refractivity (Wildman–Crippen MR) is 100 cm³/mol. The molecule has 0 aliphatic rings. The average Bonchev–Trinajstić information content (AvgIpc) is 2.89. The number of methoxy groups -OCH3 is 1. The molecule has 0 saturated carbocycles. The highest BCUT2D eigenvalue weighted by Crippen LogP contribution is 2.32. The lowest BCUT2D eigenvalue weighted by molar-refractivity contribution is 0.0600. The molecule has 2 N–H and O–H groups in total. The molecule has 26 heavy (non-hydrogen) atoms. The number of hydrogen-bond donors (Lipinski definition) is 1. The van der Waals surface area contributed by atoms with Crippen molar-refractivity contribution in [1.82, 2.24) is 4.57 Å². The van der Waals surface area contributed by atoms with Crippen molar-refractivity contribution < 1.29 is 19.1 Å². The van der Waals surface area contributed by atoms with Gasteiger partial charge in [0.2, 0.25) is 0 Å². The van der Waals surface area contributed by atoms with Gasteiger partial charge in [0.1, 0.15) is 0 Å². The fourth-order valence-corrected chi connectivity index (χ4v) is 3.23. The van der Waals surface area contributed by atoms with Crippen molar-refractivity contribution in [3.63, 3.8) is 0 Å². The van der Waals surface area contributed by atoms with Crippen molar-refractivity contribution in [1.29, 1.82) is 0 Å². The number of aromatic nitrogens is 1. The van der Waals surface area contributed by atoms with E-state index in [0.717, 1.165) is 35.5 Å². The zero-order chi connectivity index (χ0) is 19.3. The van der Waals surface area contributed by atoms with Gasteiger partial charge in [0.25, 0.3) is 5.91 Å². The minimum absolute atomic E-state index is 0.395. The van der Waals surface area contributed by atoms with Crippen LogP contribution in [0.1, 0.15) is 45.4 Å². The molecule has 0 radical (unpaired) electrons. The van der Waals surface area contributed by atoms with Gasteiger partial charge in [-0.15, -0.1) is 0 Å². The molecular formula is C20H26N2O4. The van der Waals surface area contributed by atoms with Crippen LogP contribution in [0.4, 0.5) is 0 Å². The lowest BCUT2D eigenvalue weighted by Gasteiger charge is -2.10. The zero-order valence-corrected chi connectivity index (χ0v) is 15.8. The van der Waals surface area contributed by atoms with E-state index in [1.165, 1.54) is 7.11 Å². The number of nitrogens with zero attached hydrogens (tertiary/aromatic N) is 1. The Bertz CT molecular complexity index is 791. The molecule has 0 unspecified atom stereocenters. The highest BCUT2D eigenvalue weighted by molar-refractivity contribution is 6.02. The summed E-state index contributed by atoms with van der Waals surface area (Å²) in [7, 11) is 1.34. The summed E-state index contributed by atoms with van der Waals surface area (Å²) < 4.78 is 12.2. The molecule has 0 saturated heterocycles. The molecule has 0 fully saturated rings. The van der Waals surface area contributed by atoms with Crippen LogP contribution < -0.4 is 5.73 Å². The van der Waals surface area contributed by atoms with Gasteiger partial charge in [0, 0.05) is 36.7 Å². The van der Waals surface area contributed by atoms with Crippen molar-refractivity contribution in [3.8, 4) is 11.1 Å². The van der Waals surface area contributed by atoms with E-state index in [0.29, 0.717) is 24.3 Å². The van der Waals surface area contributed by atoms with Gasteiger partial charge in [-0.2, -0.15) is 0 Å². The van der Waals surface area contributed by atoms with E-state index in [2.05, 4.69) is 4.57 Å². The van der Waals surface area contributed by atoms with Crippen LogP contribution in [0.3, 0.4) is 0 Å². The Hall–Kier alpha value is -2.60. The van der Waals surface area contributed by atoms with Crippen molar-refractivity contribution in [2.24, 2.45) is 5.73 Å². The zero-order valence-electron chi connectivity index (χ0n) is 15.8. The molecule has 1 heterocycles. The van der Waals surface area contributed by atoms with Gasteiger partial charge >= 0.3 is 5.97 Å². The second kappa shape index (κ2) is 8.67. The Morgan fingerprint density at radius 2 is 1.77 bits per heavy atom. The first-order chi connectivity index (χ1) is 12.4. The van der Waals surface area contributed by atoms with E-state index in [4.69, 9.17) is 15.2 Å². The van der Waals surface area contributed by atoms with Gasteiger partial charge in [-0.05, 0) is 44.9 Å². The summed E-state index contributed by atoms with van der Waals surface area (Å²) in [4.78, 5) is 23.7. The summed E-state index contributed by atoms with van der Waals surface area (Å²) in [5, 5.41) is 0. The monoisotopic (exact) mass is 358 g/mol. The van der Waals surface area contributed by atoms with Crippen LogP contribution in [0.15, 0.2) is 24.3 Å². The first-order valence-corrected chi connectivity index (χ1v) is 8.68. The molecule has 140 valence electrons. The number of primary amides is 1. The number of nitrogens with two attached hydrogens (primary N) is 1. The summed E-state index contributed by atoms with van der Waals surface area (Å²) in [5.41, 5.74) is 10.1. The van der Waals surface area contributed by atoms with Gasteiger partial charge in [0.05, 0.1) is 18.2 Å². The first-order valence-electron chi connectivity index (χ1n) is 8.68. The van der Waals surface area contributed by atoms with Crippen LogP contribution in [-0.2, 0) is 16.0 Å². The van der Waals surface area contributed by atoms with E-state index < -0.39 is 11.9 Å². The summed E-state index contributed by atoms with van der Waals surface area (Å²) >= 11 is 0. The Kier molecular flexibility index (Phi) is 6.58. The molecule has 2 rings (SSSR count). The largest absolute Gasteiger partial charge is 0.465 e. The number of amides is 1. The molecule has 6 heteroatoms. The van der Waals surface area contributed by atoms with Crippen LogP contribution in [0.25, 0.3) is 11.1 Å². The van der Waals surface area contributed by atoms with Crippen LogP contribution in [0, 0.1) is 13.8 Å². The van der Waals surface area contributed by atoms with E-state index >= 15 is 0 Å². The molecule has 1 aromatic heterocycles. The van der Waals surface area contributed by atoms with Crippen LogP contribution in [-0.4, -0.2) is 36.8 Å². The second-order valence-corrected chi connectivity index (χ2v) is 6.06. The summed E-state index contributed by atoms with van der Waals surface area (Å²) in [6, 6.07) is 7.00. The average molecular weight is 358 g/mol. The SMILES string of the molecule is CCOCCCn1c(C)c(C(N)=O)c(-c2ccc(C(=O)OC)cc2)c1C. The normalized spacial score (nSPS) is 10.8. The summed E-state index contributed by atoms with van der Waals surface area (Å²) in [6.45, 7) is 7.95. The number of ether oxygens (including phenoxy) is 2. The number of esters is 1. The van der Waals surface area contributed by atoms with Gasteiger partial charge in [-0.25, -0.2) is 4.79 Å². The van der Waals surface area contributed by atoms with Crippen molar-refractivity contribution in [2.75, 3.05) is 20.3 Å². The molecule has 0 aliphatic carbocycles. The third kappa shape index (κ3) is 3.96. The first kappa shape index (κ1) is 19.7. The van der Waals surface area contributed by atoms with Gasteiger partial charge in [-0.1, -0.05) is 12.1 Å². The highest BCUT2D eigenvalue weighted by Gasteiger charge is 2.22. The maximum atomic E-state index is 12.1. The molecule has 1 amide bonds. The van der Waals surface area contributed by atoms with Crippen LogP contribution >= 0.6 is 0 Å².